The number of carbonyl (C=O) groups excluding carboxylic acids is 2. The Morgan fingerprint density at radius 3 is 2.26 bits per heavy atom. The first-order valence-corrected chi connectivity index (χ1v) is 16.2. The minimum Gasteiger partial charge on any atom is -0.352 e. The largest absolute Gasteiger partial charge is 0.416 e. The predicted molar refractivity (Wildman–Crippen MR) is 162 cm³/mol. The van der Waals surface area contributed by atoms with Crippen LogP contribution in [0.2, 0.25) is 5.02 Å². The van der Waals surface area contributed by atoms with Crippen LogP contribution in [0.3, 0.4) is 0 Å². The lowest BCUT2D eigenvalue weighted by molar-refractivity contribution is -0.139. The number of anilines is 1. The quantitative estimate of drug-likeness (QED) is 0.252. The molecule has 43 heavy (non-hydrogen) atoms. The molecule has 230 valence electrons. The zero-order valence-electron chi connectivity index (χ0n) is 23.2. The third-order valence-electron chi connectivity index (χ3n) is 7.29. The maximum atomic E-state index is 14.0. The summed E-state index contributed by atoms with van der Waals surface area (Å²) >= 11 is 9.64. The van der Waals surface area contributed by atoms with E-state index in [1.54, 1.807) is 30.3 Å². The van der Waals surface area contributed by atoms with Gasteiger partial charge in [-0.15, -0.1) is 0 Å². The van der Waals surface area contributed by atoms with Gasteiger partial charge in [0.15, 0.2) is 0 Å². The lowest BCUT2D eigenvalue weighted by atomic mass is 10.1. The topological polar surface area (TPSA) is 86.8 Å². The Hall–Kier alpha value is -3.09. The Balaban J connectivity index is 1.75. The van der Waals surface area contributed by atoms with Gasteiger partial charge in [0.2, 0.25) is 11.8 Å². The van der Waals surface area contributed by atoms with Gasteiger partial charge in [0.1, 0.15) is 12.6 Å². The molecule has 2 amide bonds. The molecule has 0 heterocycles. The molecular formula is C30H30BrClF3N3O4S. The summed E-state index contributed by atoms with van der Waals surface area (Å²) in [6.45, 7) is 0.574. The number of halogens is 5. The van der Waals surface area contributed by atoms with E-state index in [4.69, 9.17) is 11.6 Å². The molecule has 1 fully saturated rings. The number of amides is 2. The Morgan fingerprint density at radius 2 is 1.65 bits per heavy atom. The second-order valence-electron chi connectivity index (χ2n) is 10.3. The average Bonchev–Trinajstić information content (AvgIpc) is 3.48. The molecule has 0 aliphatic heterocycles. The molecule has 0 bridgehead atoms. The van der Waals surface area contributed by atoms with Crippen molar-refractivity contribution in [3.05, 3.63) is 93.4 Å². The van der Waals surface area contributed by atoms with Gasteiger partial charge >= 0.3 is 6.18 Å². The number of hydrogen-bond acceptors (Lipinski definition) is 4. The highest BCUT2D eigenvalue weighted by Crippen LogP contribution is 2.37. The van der Waals surface area contributed by atoms with Gasteiger partial charge in [-0.1, -0.05) is 70.7 Å². The third kappa shape index (κ3) is 8.10. The van der Waals surface area contributed by atoms with E-state index in [-0.39, 0.29) is 22.5 Å². The van der Waals surface area contributed by atoms with E-state index in [0.717, 1.165) is 42.3 Å². The first-order chi connectivity index (χ1) is 20.3. The maximum Gasteiger partial charge on any atom is 0.416 e. The van der Waals surface area contributed by atoms with Gasteiger partial charge < -0.3 is 10.2 Å². The Bertz CT molecular complexity index is 1550. The number of nitrogens with one attached hydrogen (secondary N) is 1. The highest BCUT2D eigenvalue weighted by Gasteiger charge is 2.36. The smallest absolute Gasteiger partial charge is 0.352 e. The summed E-state index contributed by atoms with van der Waals surface area (Å²) in [5.41, 5.74) is -0.990. The molecule has 3 aromatic rings. The summed E-state index contributed by atoms with van der Waals surface area (Å²) in [5, 5.41) is 2.67. The van der Waals surface area contributed by atoms with Crippen molar-refractivity contribution in [2.24, 2.45) is 0 Å². The first-order valence-electron chi connectivity index (χ1n) is 13.6. The van der Waals surface area contributed by atoms with Crippen molar-refractivity contribution < 1.29 is 31.2 Å². The fourth-order valence-corrected chi connectivity index (χ4v) is 6.85. The van der Waals surface area contributed by atoms with Crippen LogP contribution in [0, 0.1) is 0 Å². The molecule has 0 saturated heterocycles. The Labute approximate surface area is 262 Å². The van der Waals surface area contributed by atoms with Gasteiger partial charge in [-0.25, -0.2) is 8.42 Å². The van der Waals surface area contributed by atoms with Gasteiger partial charge in [0.05, 0.1) is 21.2 Å². The van der Waals surface area contributed by atoms with Gasteiger partial charge in [-0.2, -0.15) is 13.2 Å². The van der Waals surface area contributed by atoms with Crippen LogP contribution in [0.15, 0.2) is 82.2 Å². The predicted octanol–water partition coefficient (Wildman–Crippen LogP) is 6.79. The van der Waals surface area contributed by atoms with Gasteiger partial charge in [-0.3, -0.25) is 13.9 Å². The van der Waals surface area contributed by atoms with Crippen molar-refractivity contribution in [1.29, 1.82) is 0 Å². The van der Waals surface area contributed by atoms with E-state index in [9.17, 15) is 31.2 Å². The lowest BCUT2D eigenvalue weighted by Crippen LogP contribution is -2.52. The minimum absolute atomic E-state index is 0.0292. The molecule has 0 aromatic heterocycles. The van der Waals surface area contributed by atoms with Crippen LogP contribution in [0.25, 0.3) is 0 Å². The number of sulfonamides is 1. The van der Waals surface area contributed by atoms with Crippen molar-refractivity contribution in [1.82, 2.24) is 10.2 Å². The van der Waals surface area contributed by atoms with Crippen LogP contribution in [-0.2, 0) is 32.3 Å². The summed E-state index contributed by atoms with van der Waals surface area (Å²) < 4.78 is 70.1. The SMILES string of the molecule is C[C@@H](C(=O)NC1CCCC1)N(Cc1ccc(Br)cc1)C(=O)CN(c1cc(C(F)(F)F)ccc1Cl)S(=O)(=O)c1ccccc1. The number of alkyl halides is 3. The lowest BCUT2D eigenvalue weighted by Gasteiger charge is -2.33. The van der Waals surface area contributed by atoms with Crippen LogP contribution in [0.1, 0.15) is 43.7 Å². The average molecular weight is 701 g/mol. The van der Waals surface area contributed by atoms with Gasteiger partial charge in [0, 0.05) is 17.1 Å². The molecule has 0 radical (unpaired) electrons. The van der Waals surface area contributed by atoms with Crippen LogP contribution < -0.4 is 9.62 Å². The number of carbonyl (C=O) groups is 2. The maximum absolute atomic E-state index is 14.0. The first kappa shape index (κ1) is 32.8. The van der Waals surface area contributed by atoms with Crippen molar-refractivity contribution >= 4 is 55.1 Å². The molecule has 1 aliphatic rings. The molecule has 1 N–H and O–H groups in total. The van der Waals surface area contributed by atoms with Crippen LogP contribution >= 0.6 is 27.5 Å². The summed E-state index contributed by atoms with van der Waals surface area (Å²) in [7, 11) is -4.58. The van der Waals surface area contributed by atoms with E-state index in [1.165, 1.54) is 36.1 Å². The van der Waals surface area contributed by atoms with Crippen LogP contribution in [0.5, 0.6) is 0 Å². The zero-order valence-corrected chi connectivity index (χ0v) is 26.3. The molecule has 0 spiro atoms. The molecule has 1 saturated carbocycles. The molecule has 4 rings (SSSR count). The number of rotatable bonds is 10. The van der Waals surface area contributed by atoms with E-state index < -0.39 is 51.9 Å². The highest BCUT2D eigenvalue weighted by molar-refractivity contribution is 9.10. The monoisotopic (exact) mass is 699 g/mol. The van der Waals surface area contributed by atoms with Crippen LogP contribution in [0.4, 0.5) is 18.9 Å². The fourth-order valence-electron chi connectivity index (χ4n) is 4.87. The molecular weight excluding hydrogens is 671 g/mol. The van der Waals surface area contributed by atoms with Crippen LogP contribution in [-0.4, -0.2) is 43.8 Å². The molecule has 1 atom stereocenters. The molecule has 1 aliphatic carbocycles. The molecule has 3 aromatic carbocycles. The molecule has 0 unspecified atom stereocenters. The van der Waals surface area contributed by atoms with Gasteiger partial charge in [0.25, 0.3) is 10.0 Å². The number of benzene rings is 3. The summed E-state index contributed by atoms with van der Waals surface area (Å²) in [6.07, 6.45) is -1.21. The van der Waals surface area contributed by atoms with Crippen molar-refractivity contribution in [2.45, 2.75) is 62.3 Å². The van der Waals surface area contributed by atoms with E-state index in [1.807, 2.05) is 0 Å². The standard InChI is InChI=1S/C30H30BrClF3N3O4S/c1-20(29(40)36-24-7-5-6-8-24)37(18-21-11-14-23(31)15-12-21)28(39)19-38(43(41,42)25-9-3-2-4-10-25)27-17-22(30(33,34)35)13-16-26(27)32/h2-4,9-17,20,24H,5-8,18-19H2,1H3,(H,36,40)/t20-/m0/s1. The second-order valence-corrected chi connectivity index (χ2v) is 13.5. The zero-order chi connectivity index (χ0) is 31.4. The molecule has 7 nitrogen and oxygen atoms in total. The van der Waals surface area contributed by atoms with E-state index in [0.29, 0.717) is 15.9 Å². The normalized spacial score (nSPS) is 14.7. The second kappa shape index (κ2) is 13.7. The van der Waals surface area contributed by atoms with E-state index in [2.05, 4.69) is 21.2 Å². The highest BCUT2D eigenvalue weighted by atomic mass is 79.9. The Morgan fingerprint density at radius 1 is 1.02 bits per heavy atom. The Kier molecular flexibility index (Phi) is 10.4. The van der Waals surface area contributed by atoms with Crippen molar-refractivity contribution in [3.8, 4) is 0 Å². The fraction of sp³-hybridized carbons (Fsp3) is 0.333. The molecule has 13 heteroatoms. The summed E-state index contributed by atoms with van der Waals surface area (Å²) in [6, 6.07) is 15.3. The summed E-state index contributed by atoms with van der Waals surface area (Å²) in [5.74, 6) is -1.21. The third-order valence-corrected chi connectivity index (χ3v) is 9.91. The number of nitrogens with zero attached hydrogens (tertiary/aromatic N) is 2. The van der Waals surface area contributed by atoms with Crippen molar-refractivity contribution in [2.75, 3.05) is 10.8 Å². The van der Waals surface area contributed by atoms with Crippen molar-refractivity contribution in [3.63, 3.8) is 0 Å². The number of hydrogen-bond donors (Lipinski definition) is 1. The summed E-state index contributed by atoms with van der Waals surface area (Å²) in [4.78, 5) is 28.3. The van der Waals surface area contributed by atoms with E-state index >= 15 is 0 Å². The van der Waals surface area contributed by atoms with Gasteiger partial charge in [-0.05, 0) is 67.8 Å². The minimum atomic E-state index is -4.80.